The van der Waals surface area contributed by atoms with Gasteiger partial charge in [0.15, 0.2) is 0 Å². The number of benzene rings is 2. The maximum Gasteiger partial charge on any atom is 0.337 e. The van der Waals surface area contributed by atoms with Crippen molar-refractivity contribution in [1.29, 1.82) is 0 Å². The lowest BCUT2D eigenvalue weighted by atomic mass is 10.0. The van der Waals surface area contributed by atoms with Gasteiger partial charge in [0.1, 0.15) is 0 Å². The third-order valence-electron chi connectivity index (χ3n) is 3.69. The average molecular weight is 372 g/mol. The van der Waals surface area contributed by atoms with E-state index in [1.54, 1.807) is 35.4 Å². The molecule has 1 amide bonds. The number of carbonyl (C=O) groups excluding carboxylic acids is 2. The highest BCUT2D eigenvalue weighted by atomic mass is 79.9. The predicted octanol–water partition coefficient (Wildman–Crippen LogP) is 3.86. The number of methoxy groups -OCH3 is 1. The molecule has 3 rings (SSSR count). The first-order valence-corrected chi connectivity index (χ1v) is 7.84. The zero-order valence-corrected chi connectivity index (χ0v) is 14.0. The van der Waals surface area contributed by atoms with Crippen molar-refractivity contribution in [1.82, 2.24) is 4.90 Å². The number of halogens is 1. The molecule has 0 fully saturated rings. The number of rotatable bonds is 2. The summed E-state index contributed by atoms with van der Waals surface area (Å²) >= 11 is 3.45. The van der Waals surface area contributed by atoms with Gasteiger partial charge in [-0.2, -0.15) is 0 Å². The molecule has 2 aromatic carbocycles. The fraction of sp³-hybridized carbons (Fsp3) is 0.111. The topological polar surface area (TPSA) is 46.6 Å². The molecule has 0 aliphatic carbocycles. The van der Waals surface area contributed by atoms with E-state index in [9.17, 15) is 9.59 Å². The predicted molar refractivity (Wildman–Crippen MR) is 90.8 cm³/mol. The van der Waals surface area contributed by atoms with Crippen LogP contribution in [0.25, 0.3) is 6.08 Å². The Morgan fingerprint density at radius 2 is 1.78 bits per heavy atom. The van der Waals surface area contributed by atoms with E-state index < -0.39 is 5.97 Å². The molecule has 5 heteroatoms. The Balaban J connectivity index is 1.80. The summed E-state index contributed by atoms with van der Waals surface area (Å²) in [5.41, 5.74) is 3.15. The molecule has 4 nitrogen and oxygen atoms in total. The van der Waals surface area contributed by atoms with E-state index in [0.29, 0.717) is 17.7 Å². The van der Waals surface area contributed by atoms with Crippen LogP contribution in [0, 0.1) is 0 Å². The molecule has 116 valence electrons. The van der Waals surface area contributed by atoms with Crippen LogP contribution in [0.3, 0.4) is 0 Å². The number of hydrogen-bond donors (Lipinski definition) is 0. The molecular formula is C18H14BrNO3. The van der Waals surface area contributed by atoms with Gasteiger partial charge < -0.3 is 9.64 Å². The molecule has 0 radical (unpaired) electrons. The van der Waals surface area contributed by atoms with Crippen molar-refractivity contribution in [2.75, 3.05) is 7.11 Å². The van der Waals surface area contributed by atoms with Gasteiger partial charge >= 0.3 is 5.97 Å². The van der Waals surface area contributed by atoms with Gasteiger partial charge in [0.25, 0.3) is 5.91 Å². The molecule has 1 heterocycles. The second kappa shape index (κ2) is 6.38. The smallest absolute Gasteiger partial charge is 0.337 e. The lowest BCUT2D eigenvalue weighted by Gasteiger charge is -2.24. The monoisotopic (exact) mass is 371 g/mol. The number of hydrogen-bond acceptors (Lipinski definition) is 3. The maximum absolute atomic E-state index is 12.6. The van der Waals surface area contributed by atoms with Crippen molar-refractivity contribution < 1.29 is 14.3 Å². The van der Waals surface area contributed by atoms with Crippen LogP contribution < -0.4 is 0 Å². The van der Waals surface area contributed by atoms with E-state index in [2.05, 4.69) is 20.7 Å². The summed E-state index contributed by atoms with van der Waals surface area (Å²) < 4.78 is 5.64. The van der Waals surface area contributed by atoms with E-state index in [0.717, 1.165) is 15.6 Å². The molecule has 0 bridgehead atoms. The van der Waals surface area contributed by atoms with Gasteiger partial charge in [-0.05, 0) is 53.6 Å². The van der Waals surface area contributed by atoms with Gasteiger partial charge in [-0.3, -0.25) is 4.79 Å². The first-order valence-electron chi connectivity index (χ1n) is 7.04. The second-order valence-electron chi connectivity index (χ2n) is 5.16. The van der Waals surface area contributed by atoms with Crippen molar-refractivity contribution in [3.8, 4) is 0 Å². The third-order valence-corrected chi connectivity index (χ3v) is 4.19. The highest BCUT2D eigenvalue weighted by molar-refractivity contribution is 9.10. The van der Waals surface area contributed by atoms with Crippen LogP contribution in [0.2, 0.25) is 0 Å². The Bertz CT molecular complexity index is 796. The summed E-state index contributed by atoms with van der Waals surface area (Å²) in [7, 11) is 1.33. The van der Waals surface area contributed by atoms with Crippen LogP contribution in [0.4, 0.5) is 0 Å². The average Bonchev–Trinajstić information content (AvgIpc) is 2.59. The molecule has 0 atom stereocenters. The van der Waals surface area contributed by atoms with Crippen LogP contribution in [0.15, 0.2) is 53.1 Å². The zero-order valence-electron chi connectivity index (χ0n) is 12.5. The van der Waals surface area contributed by atoms with Gasteiger partial charge in [0, 0.05) is 16.2 Å². The highest BCUT2D eigenvalue weighted by Gasteiger charge is 2.19. The molecule has 0 aromatic heterocycles. The summed E-state index contributed by atoms with van der Waals surface area (Å²) in [4.78, 5) is 25.7. The number of ether oxygens (including phenoxy) is 1. The van der Waals surface area contributed by atoms with E-state index in [4.69, 9.17) is 0 Å². The summed E-state index contributed by atoms with van der Waals surface area (Å²) in [6.45, 7) is 0.517. The van der Waals surface area contributed by atoms with Crippen molar-refractivity contribution in [2.24, 2.45) is 0 Å². The van der Waals surface area contributed by atoms with E-state index in [-0.39, 0.29) is 5.91 Å². The van der Waals surface area contributed by atoms with Crippen LogP contribution in [-0.4, -0.2) is 23.9 Å². The first kappa shape index (κ1) is 15.5. The maximum atomic E-state index is 12.6. The molecule has 0 N–H and O–H groups in total. The van der Waals surface area contributed by atoms with E-state index >= 15 is 0 Å². The van der Waals surface area contributed by atoms with Crippen LogP contribution >= 0.6 is 15.9 Å². The number of fused-ring (bicyclic) bond motifs is 1. The largest absolute Gasteiger partial charge is 0.465 e. The third kappa shape index (κ3) is 3.19. The van der Waals surface area contributed by atoms with Gasteiger partial charge in [-0.1, -0.05) is 22.0 Å². The van der Waals surface area contributed by atoms with Crippen LogP contribution in [0.5, 0.6) is 0 Å². The first-order chi connectivity index (χ1) is 11.1. The number of nitrogens with zero attached hydrogens (tertiary/aromatic N) is 1. The summed E-state index contributed by atoms with van der Waals surface area (Å²) in [6.07, 6.45) is 3.71. The molecule has 2 aromatic rings. The Hall–Kier alpha value is -2.40. The van der Waals surface area contributed by atoms with Gasteiger partial charge in [-0.15, -0.1) is 0 Å². The second-order valence-corrected chi connectivity index (χ2v) is 6.08. The number of amides is 1. The SMILES string of the molecule is COC(=O)c1ccc(C(=O)N2C=Cc3ccc(Br)cc3C2)cc1. The Morgan fingerprint density at radius 1 is 1.09 bits per heavy atom. The fourth-order valence-corrected chi connectivity index (χ4v) is 2.86. The van der Waals surface area contributed by atoms with Crippen molar-refractivity contribution >= 4 is 33.9 Å². The fourth-order valence-electron chi connectivity index (χ4n) is 2.45. The van der Waals surface area contributed by atoms with E-state index in [1.807, 2.05) is 24.3 Å². The molecule has 0 unspecified atom stereocenters. The highest BCUT2D eigenvalue weighted by Crippen LogP contribution is 2.24. The lowest BCUT2D eigenvalue weighted by molar-refractivity contribution is 0.0600. The summed E-state index contributed by atoms with van der Waals surface area (Å²) in [5, 5.41) is 0. The molecule has 1 aliphatic rings. The molecule has 0 saturated heterocycles. The van der Waals surface area contributed by atoms with Crippen LogP contribution in [-0.2, 0) is 11.3 Å². The Morgan fingerprint density at radius 3 is 2.48 bits per heavy atom. The lowest BCUT2D eigenvalue weighted by Crippen LogP contribution is -2.27. The van der Waals surface area contributed by atoms with Gasteiger partial charge in [0.2, 0.25) is 0 Å². The zero-order chi connectivity index (χ0) is 16.4. The standard InChI is InChI=1S/C18H14BrNO3/c1-23-18(22)14-4-2-13(3-5-14)17(21)20-9-8-12-6-7-16(19)10-15(12)11-20/h2-10H,11H2,1H3. The minimum atomic E-state index is -0.416. The number of carbonyl (C=O) groups is 2. The Labute approximate surface area is 142 Å². The van der Waals surface area contributed by atoms with Crippen molar-refractivity contribution in [3.63, 3.8) is 0 Å². The van der Waals surface area contributed by atoms with Crippen molar-refractivity contribution in [3.05, 3.63) is 75.4 Å². The van der Waals surface area contributed by atoms with Gasteiger partial charge in [-0.25, -0.2) is 4.79 Å². The summed E-state index contributed by atoms with van der Waals surface area (Å²) in [5.74, 6) is -0.524. The molecule has 0 saturated carbocycles. The molecular weight excluding hydrogens is 358 g/mol. The minimum absolute atomic E-state index is 0.108. The molecule has 23 heavy (non-hydrogen) atoms. The van der Waals surface area contributed by atoms with Crippen LogP contribution in [0.1, 0.15) is 31.8 Å². The van der Waals surface area contributed by atoms with Crippen molar-refractivity contribution in [2.45, 2.75) is 6.54 Å². The van der Waals surface area contributed by atoms with Gasteiger partial charge in [0.05, 0.1) is 19.2 Å². The summed E-state index contributed by atoms with van der Waals surface area (Å²) in [6, 6.07) is 12.5. The minimum Gasteiger partial charge on any atom is -0.465 e. The van der Waals surface area contributed by atoms with E-state index in [1.165, 1.54) is 7.11 Å². The quantitative estimate of drug-likeness (QED) is 0.752. The Kier molecular flexibility index (Phi) is 4.30. The molecule has 0 spiro atoms. The molecule has 1 aliphatic heterocycles. The number of esters is 1. The normalized spacial score (nSPS) is 12.7.